The average molecular weight is 349 g/mol. The second-order valence-corrected chi connectivity index (χ2v) is 5.08. The van der Waals surface area contributed by atoms with Crippen LogP contribution in [0.3, 0.4) is 0 Å². The minimum atomic E-state index is -0.609. The number of nitrogens with two attached hydrogens (primary N) is 1. The summed E-state index contributed by atoms with van der Waals surface area (Å²) in [4.78, 5) is 12.0. The molecule has 21 heavy (non-hydrogen) atoms. The maximum atomic E-state index is 13.2. The Morgan fingerprint density at radius 3 is 2.81 bits per heavy atom. The number of carbonyl (C=O) groups is 1. The van der Waals surface area contributed by atoms with E-state index in [4.69, 9.17) is 15.7 Å². The first-order chi connectivity index (χ1) is 10.0. The Balaban J connectivity index is 2.17. The van der Waals surface area contributed by atoms with Gasteiger partial charge in [0.25, 0.3) is 0 Å². The minimum absolute atomic E-state index is 0.194. The topological polar surface area (TPSA) is 76.1 Å². The first kappa shape index (κ1) is 15.0. The highest BCUT2D eigenvalue weighted by molar-refractivity contribution is 9.10. The zero-order chi connectivity index (χ0) is 15.4. The summed E-state index contributed by atoms with van der Waals surface area (Å²) in [5, 5.41) is 8.94. The molecule has 2 rings (SSSR count). The molecule has 0 spiro atoms. The third-order valence-electron chi connectivity index (χ3n) is 2.76. The van der Waals surface area contributed by atoms with Gasteiger partial charge in [0.2, 0.25) is 0 Å². The van der Waals surface area contributed by atoms with Crippen LogP contribution in [0.4, 0.5) is 10.1 Å². The number of anilines is 1. The molecule has 0 saturated heterocycles. The number of rotatable bonds is 3. The van der Waals surface area contributed by atoms with Crippen LogP contribution >= 0.6 is 15.9 Å². The third kappa shape index (κ3) is 3.58. The van der Waals surface area contributed by atoms with Gasteiger partial charge in [-0.3, -0.25) is 0 Å². The molecule has 4 nitrogen and oxygen atoms in total. The predicted molar refractivity (Wildman–Crippen MR) is 78.8 cm³/mol. The van der Waals surface area contributed by atoms with Crippen molar-refractivity contribution in [2.75, 3.05) is 5.73 Å². The van der Waals surface area contributed by atoms with Gasteiger partial charge < -0.3 is 10.5 Å². The van der Waals surface area contributed by atoms with Gasteiger partial charge in [0, 0.05) is 15.7 Å². The van der Waals surface area contributed by atoms with Crippen LogP contribution in [0, 0.1) is 17.1 Å². The highest BCUT2D eigenvalue weighted by Crippen LogP contribution is 2.21. The summed E-state index contributed by atoms with van der Waals surface area (Å²) in [5.74, 6) is -1.10. The lowest BCUT2D eigenvalue weighted by molar-refractivity contribution is 0.0471. The monoisotopic (exact) mass is 348 g/mol. The Bertz CT molecular complexity index is 741. The normalized spacial score (nSPS) is 9.95. The maximum Gasteiger partial charge on any atom is 0.339 e. The van der Waals surface area contributed by atoms with E-state index in [0.717, 1.165) is 0 Å². The summed E-state index contributed by atoms with van der Waals surface area (Å²) < 4.78 is 18.8. The second kappa shape index (κ2) is 6.37. The number of nitrogen functional groups attached to an aromatic ring is 1. The summed E-state index contributed by atoms with van der Waals surface area (Å²) in [6.07, 6.45) is 0. The van der Waals surface area contributed by atoms with Crippen molar-refractivity contribution < 1.29 is 13.9 Å². The summed E-state index contributed by atoms with van der Waals surface area (Å²) in [6, 6.07) is 10.4. The first-order valence-corrected chi connectivity index (χ1v) is 6.71. The lowest BCUT2D eigenvalue weighted by Gasteiger charge is -2.08. The highest BCUT2D eigenvalue weighted by atomic mass is 79.9. The molecule has 0 fully saturated rings. The van der Waals surface area contributed by atoms with E-state index in [1.807, 2.05) is 6.07 Å². The number of halogens is 2. The van der Waals surface area contributed by atoms with E-state index in [0.29, 0.717) is 15.7 Å². The van der Waals surface area contributed by atoms with Crippen molar-refractivity contribution in [1.29, 1.82) is 5.26 Å². The van der Waals surface area contributed by atoms with Crippen LogP contribution in [-0.4, -0.2) is 5.97 Å². The molecule has 2 aromatic rings. The number of nitrogens with zero attached hydrogens (tertiary/aromatic N) is 1. The fraction of sp³-hybridized carbons (Fsp3) is 0.0667. The van der Waals surface area contributed by atoms with Gasteiger partial charge in [0.15, 0.2) is 0 Å². The van der Waals surface area contributed by atoms with E-state index in [1.165, 1.54) is 24.3 Å². The van der Waals surface area contributed by atoms with Crippen molar-refractivity contribution in [2.24, 2.45) is 0 Å². The molecule has 0 aromatic heterocycles. The van der Waals surface area contributed by atoms with E-state index in [-0.39, 0.29) is 17.7 Å². The Morgan fingerprint density at radius 1 is 1.33 bits per heavy atom. The van der Waals surface area contributed by atoms with Crippen LogP contribution in [-0.2, 0) is 11.3 Å². The standard InChI is InChI=1S/C15H10BrFN2O2/c16-14-4-3-12(19)6-13(14)15(20)21-8-10-5-11(17)2-1-9(10)7-18/h1-6H,8,19H2. The molecule has 106 valence electrons. The molecule has 6 heteroatoms. The van der Waals surface area contributed by atoms with E-state index in [1.54, 1.807) is 12.1 Å². The van der Waals surface area contributed by atoms with Crippen LogP contribution in [0.2, 0.25) is 0 Å². The summed E-state index contributed by atoms with van der Waals surface area (Å²) in [6.45, 7) is -0.194. The zero-order valence-corrected chi connectivity index (χ0v) is 12.4. The number of benzene rings is 2. The first-order valence-electron chi connectivity index (χ1n) is 5.92. The molecule has 0 aliphatic heterocycles. The van der Waals surface area contributed by atoms with Gasteiger partial charge in [0.05, 0.1) is 17.2 Å². The lowest BCUT2D eigenvalue weighted by Crippen LogP contribution is -2.08. The van der Waals surface area contributed by atoms with Gasteiger partial charge in [-0.15, -0.1) is 0 Å². The summed E-state index contributed by atoms with van der Waals surface area (Å²) >= 11 is 3.23. The Hall–Kier alpha value is -2.39. The quantitative estimate of drug-likeness (QED) is 0.681. The second-order valence-electron chi connectivity index (χ2n) is 4.23. The molecule has 0 heterocycles. The molecule has 0 unspecified atom stereocenters. The summed E-state index contributed by atoms with van der Waals surface area (Å²) in [5.41, 5.74) is 6.88. The smallest absolute Gasteiger partial charge is 0.339 e. The summed E-state index contributed by atoms with van der Waals surface area (Å²) in [7, 11) is 0. The SMILES string of the molecule is N#Cc1ccc(F)cc1COC(=O)c1cc(N)ccc1Br. The average Bonchev–Trinajstić information content (AvgIpc) is 2.47. The van der Waals surface area contributed by atoms with Gasteiger partial charge in [0.1, 0.15) is 12.4 Å². The third-order valence-corrected chi connectivity index (χ3v) is 3.45. The lowest BCUT2D eigenvalue weighted by atomic mass is 10.1. The Kier molecular flexibility index (Phi) is 4.55. The van der Waals surface area contributed by atoms with Gasteiger partial charge in [-0.25, -0.2) is 9.18 Å². The van der Waals surface area contributed by atoms with Crippen molar-refractivity contribution in [3.8, 4) is 6.07 Å². The van der Waals surface area contributed by atoms with Gasteiger partial charge in [-0.2, -0.15) is 5.26 Å². The van der Waals surface area contributed by atoms with Crippen molar-refractivity contribution in [1.82, 2.24) is 0 Å². The minimum Gasteiger partial charge on any atom is -0.457 e. The Labute approximate surface area is 129 Å². The molecule has 0 radical (unpaired) electrons. The molecule has 0 atom stereocenters. The fourth-order valence-electron chi connectivity index (χ4n) is 1.71. The molecule has 0 aliphatic rings. The fourth-order valence-corrected chi connectivity index (χ4v) is 2.12. The van der Waals surface area contributed by atoms with E-state index in [9.17, 15) is 9.18 Å². The van der Waals surface area contributed by atoms with Crippen molar-refractivity contribution in [3.63, 3.8) is 0 Å². The van der Waals surface area contributed by atoms with E-state index >= 15 is 0 Å². The van der Waals surface area contributed by atoms with Crippen LogP contribution in [0.15, 0.2) is 40.9 Å². The zero-order valence-electron chi connectivity index (χ0n) is 10.8. The number of hydrogen-bond acceptors (Lipinski definition) is 4. The molecule has 0 saturated carbocycles. The van der Waals surface area contributed by atoms with Crippen LogP contribution in [0.5, 0.6) is 0 Å². The Morgan fingerprint density at radius 2 is 2.10 bits per heavy atom. The molecular weight excluding hydrogens is 339 g/mol. The van der Waals surface area contributed by atoms with E-state index < -0.39 is 11.8 Å². The van der Waals surface area contributed by atoms with Gasteiger partial charge >= 0.3 is 5.97 Å². The van der Waals surface area contributed by atoms with Gasteiger partial charge in [-0.05, 0) is 52.3 Å². The maximum absolute atomic E-state index is 13.2. The largest absolute Gasteiger partial charge is 0.457 e. The molecule has 0 bridgehead atoms. The molecule has 2 N–H and O–H groups in total. The van der Waals surface area contributed by atoms with Crippen molar-refractivity contribution in [3.05, 3.63) is 63.4 Å². The molecule has 0 amide bonds. The van der Waals surface area contributed by atoms with Crippen molar-refractivity contribution in [2.45, 2.75) is 6.61 Å². The number of carbonyl (C=O) groups excluding carboxylic acids is 1. The predicted octanol–water partition coefficient (Wildman–Crippen LogP) is 3.40. The van der Waals surface area contributed by atoms with Crippen LogP contribution in [0.1, 0.15) is 21.5 Å². The number of nitriles is 1. The number of hydrogen-bond donors (Lipinski definition) is 1. The highest BCUT2D eigenvalue weighted by Gasteiger charge is 2.13. The van der Waals surface area contributed by atoms with Gasteiger partial charge in [-0.1, -0.05) is 0 Å². The van der Waals surface area contributed by atoms with Crippen LogP contribution < -0.4 is 5.73 Å². The van der Waals surface area contributed by atoms with Crippen molar-refractivity contribution >= 4 is 27.6 Å². The molecule has 0 aliphatic carbocycles. The number of esters is 1. The van der Waals surface area contributed by atoms with Crippen LogP contribution in [0.25, 0.3) is 0 Å². The number of ether oxygens (including phenoxy) is 1. The molecular formula is C15H10BrFN2O2. The van der Waals surface area contributed by atoms with E-state index in [2.05, 4.69) is 15.9 Å². The molecule has 2 aromatic carbocycles.